The van der Waals surface area contributed by atoms with E-state index in [0.29, 0.717) is 11.4 Å². The number of alkyl halides is 3. The highest BCUT2D eigenvalue weighted by Gasteiger charge is 2.57. The van der Waals surface area contributed by atoms with E-state index < -0.39 is 17.4 Å². The lowest BCUT2D eigenvalue weighted by Gasteiger charge is -2.23. The number of ether oxygens (including phenoxy) is 1. The van der Waals surface area contributed by atoms with E-state index in [1.165, 1.54) is 11.0 Å². The Morgan fingerprint density at radius 3 is 2.50 bits per heavy atom. The lowest BCUT2D eigenvalue weighted by Crippen LogP contribution is -2.42. The van der Waals surface area contributed by atoms with Gasteiger partial charge in [-0.1, -0.05) is 24.3 Å². The molecule has 1 unspecified atom stereocenters. The zero-order chi connectivity index (χ0) is 23.5. The highest BCUT2D eigenvalue weighted by molar-refractivity contribution is 6.11. The summed E-state index contributed by atoms with van der Waals surface area (Å²) >= 11 is 0. The summed E-state index contributed by atoms with van der Waals surface area (Å²) < 4.78 is 50.0. The topological polar surface area (TPSA) is 55.6 Å². The van der Waals surface area contributed by atoms with Crippen LogP contribution in [-0.4, -0.2) is 17.5 Å². The standard InChI is InChI=1S/C26H17F3N2O3/c27-26(28,29)23-8-6-18(34-23)14-31-21-4-2-1-3-19(21)25(24(31)32)15-33-22-7-5-17(13-20(22)25)16-9-11-30-12-10-16/h1-13H,14-15H2. The summed E-state index contributed by atoms with van der Waals surface area (Å²) in [5.74, 6) is -0.685. The van der Waals surface area contributed by atoms with Crippen molar-refractivity contribution in [3.05, 3.63) is 102 Å². The second kappa shape index (κ2) is 7.21. The van der Waals surface area contributed by atoms with Gasteiger partial charge in [0.05, 0.1) is 6.54 Å². The Morgan fingerprint density at radius 2 is 1.74 bits per heavy atom. The molecule has 0 saturated carbocycles. The van der Waals surface area contributed by atoms with Gasteiger partial charge in [-0.25, -0.2) is 0 Å². The molecule has 0 radical (unpaired) electrons. The number of hydrogen-bond donors (Lipinski definition) is 0. The van der Waals surface area contributed by atoms with Crippen LogP contribution in [0.2, 0.25) is 0 Å². The van der Waals surface area contributed by atoms with Crippen LogP contribution in [0.1, 0.15) is 22.6 Å². The minimum atomic E-state index is -4.59. The molecule has 0 saturated heterocycles. The summed E-state index contributed by atoms with van der Waals surface area (Å²) in [6.07, 6.45) is -1.19. The summed E-state index contributed by atoms with van der Waals surface area (Å²) in [7, 11) is 0. The number of rotatable bonds is 3. The van der Waals surface area contributed by atoms with E-state index in [0.717, 1.165) is 28.3 Å². The van der Waals surface area contributed by atoms with E-state index >= 15 is 0 Å². The number of aromatic nitrogens is 1. The van der Waals surface area contributed by atoms with Gasteiger partial charge in [-0.05, 0) is 59.2 Å². The highest BCUT2D eigenvalue weighted by Crippen LogP contribution is 2.53. The molecule has 0 fully saturated rings. The molecule has 1 atom stereocenters. The van der Waals surface area contributed by atoms with E-state index in [-0.39, 0.29) is 24.8 Å². The largest absolute Gasteiger partial charge is 0.491 e. The number of amides is 1. The number of carbonyl (C=O) groups is 1. The van der Waals surface area contributed by atoms with Crippen LogP contribution >= 0.6 is 0 Å². The molecule has 0 N–H and O–H groups in total. The number of furan rings is 1. The quantitative estimate of drug-likeness (QED) is 0.399. The smallest absolute Gasteiger partial charge is 0.449 e. The Morgan fingerprint density at radius 1 is 0.941 bits per heavy atom. The molecular weight excluding hydrogens is 445 g/mol. The van der Waals surface area contributed by atoms with Crippen molar-refractivity contribution < 1.29 is 27.1 Å². The number of hydrogen-bond acceptors (Lipinski definition) is 4. The maximum Gasteiger partial charge on any atom is 0.449 e. The zero-order valence-corrected chi connectivity index (χ0v) is 17.7. The Hall–Kier alpha value is -4.07. The van der Waals surface area contributed by atoms with Crippen LogP contribution in [0, 0.1) is 0 Å². The molecule has 34 heavy (non-hydrogen) atoms. The second-order valence-electron chi connectivity index (χ2n) is 8.31. The van der Waals surface area contributed by atoms with Gasteiger partial charge in [0, 0.05) is 23.6 Å². The number of fused-ring (bicyclic) bond motifs is 4. The molecule has 5 nitrogen and oxygen atoms in total. The Labute approximate surface area is 192 Å². The molecule has 170 valence electrons. The van der Waals surface area contributed by atoms with Gasteiger partial charge in [-0.15, -0.1) is 0 Å². The molecular formula is C26H17F3N2O3. The molecule has 2 aliphatic heterocycles. The molecule has 2 aliphatic rings. The van der Waals surface area contributed by atoms with Crippen molar-refractivity contribution in [1.29, 1.82) is 0 Å². The Balaban J connectivity index is 1.44. The predicted octanol–water partition coefficient (Wildman–Crippen LogP) is 5.59. The summed E-state index contributed by atoms with van der Waals surface area (Å²) in [5, 5.41) is 0. The van der Waals surface area contributed by atoms with Crippen LogP contribution in [0.3, 0.4) is 0 Å². The van der Waals surface area contributed by atoms with E-state index in [1.807, 2.05) is 42.5 Å². The first kappa shape index (κ1) is 20.5. The third-order valence-corrected chi connectivity index (χ3v) is 6.42. The molecule has 4 heterocycles. The van der Waals surface area contributed by atoms with Crippen molar-refractivity contribution in [2.24, 2.45) is 0 Å². The normalized spacial score (nSPS) is 18.8. The van der Waals surface area contributed by atoms with Gasteiger partial charge in [0.25, 0.3) is 0 Å². The minimum absolute atomic E-state index is 0.0530. The van der Waals surface area contributed by atoms with Crippen LogP contribution in [0.5, 0.6) is 5.75 Å². The molecule has 4 aromatic rings. The summed E-state index contributed by atoms with van der Waals surface area (Å²) in [6.45, 7) is -0.00646. The predicted molar refractivity (Wildman–Crippen MR) is 117 cm³/mol. The van der Waals surface area contributed by atoms with Gasteiger partial charge in [-0.3, -0.25) is 9.78 Å². The molecule has 2 aromatic heterocycles. The summed E-state index contributed by atoms with van der Waals surface area (Å²) in [6, 6.07) is 18.9. The zero-order valence-electron chi connectivity index (χ0n) is 17.7. The third kappa shape index (κ3) is 2.95. The maximum atomic E-state index is 14.0. The third-order valence-electron chi connectivity index (χ3n) is 6.42. The first-order valence-corrected chi connectivity index (χ1v) is 10.6. The molecule has 1 spiro atoms. The number of benzene rings is 2. The van der Waals surface area contributed by atoms with Gasteiger partial charge >= 0.3 is 6.18 Å². The molecule has 0 bridgehead atoms. The average Bonchev–Trinajstić information content (AvgIpc) is 3.53. The van der Waals surface area contributed by atoms with Crippen molar-refractivity contribution in [3.63, 3.8) is 0 Å². The maximum absolute atomic E-state index is 14.0. The molecule has 0 aliphatic carbocycles. The van der Waals surface area contributed by atoms with Gasteiger partial charge in [0.15, 0.2) is 0 Å². The fraction of sp³-hybridized carbons (Fsp3) is 0.154. The number of halogens is 3. The number of anilines is 1. The minimum Gasteiger partial charge on any atom is -0.491 e. The number of para-hydroxylation sites is 1. The van der Waals surface area contributed by atoms with Crippen molar-refractivity contribution in [1.82, 2.24) is 4.98 Å². The lowest BCUT2D eigenvalue weighted by molar-refractivity contribution is -0.153. The van der Waals surface area contributed by atoms with Crippen LogP contribution < -0.4 is 9.64 Å². The Bertz CT molecular complexity index is 1410. The van der Waals surface area contributed by atoms with E-state index in [2.05, 4.69) is 4.98 Å². The number of pyridine rings is 1. The number of carbonyl (C=O) groups excluding carboxylic acids is 1. The van der Waals surface area contributed by atoms with E-state index in [4.69, 9.17) is 9.15 Å². The van der Waals surface area contributed by atoms with E-state index in [9.17, 15) is 18.0 Å². The monoisotopic (exact) mass is 462 g/mol. The second-order valence-corrected chi connectivity index (χ2v) is 8.31. The fourth-order valence-electron chi connectivity index (χ4n) is 4.83. The van der Waals surface area contributed by atoms with Crippen LogP contribution in [0.15, 0.2) is 83.5 Å². The van der Waals surface area contributed by atoms with Gasteiger partial charge < -0.3 is 14.1 Å². The van der Waals surface area contributed by atoms with Gasteiger partial charge in [0.1, 0.15) is 23.5 Å². The van der Waals surface area contributed by atoms with Crippen molar-refractivity contribution in [3.8, 4) is 16.9 Å². The van der Waals surface area contributed by atoms with Gasteiger partial charge in [-0.2, -0.15) is 13.2 Å². The lowest BCUT2D eigenvalue weighted by atomic mass is 9.76. The number of nitrogens with zero attached hydrogens (tertiary/aromatic N) is 2. The van der Waals surface area contributed by atoms with E-state index in [1.54, 1.807) is 24.5 Å². The molecule has 8 heteroatoms. The first-order chi connectivity index (χ1) is 16.4. The van der Waals surface area contributed by atoms with Crippen molar-refractivity contribution in [2.45, 2.75) is 18.1 Å². The van der Waals surface area contributed by atoms with Crippen LogP contribution in [-0.2, 0) is 22.9 Å². The molecule has 1 amide bonds. The van der Waals surface area contributed by atoms with Crippen LogP contribution in [0.25, 0.3) is 11.1 Å². The summed E-state index contributed by atoms with van der Waals surface area (Å²) in [5.41, 5.74) is 2.89. The highest BCUT2D eigenvalue weighted by atomic mass is 19.4. The molecule has 2 aromatic carbocycles. The van der Waals surface area contributed by atoms with Crippen molar-refractivity contribution >= 4 is 11.6 Å². The van der Waals surface area contributed by atoms with Gasteiger partial charge in [0.2, 0.25) is 11.7 Å². The summed E-state index contributed by atoms with van der Waals surface area (Å²) in [4.78, 5) is 19.5. The average molecular weight is 462 g/mol. The first-order valence-electron chi connectivity index (χ1n) is 10.6. The Kier molecular flexibility index (Phi) is 4.36. The fourth-order valence-corrected chi connectivity index (χ4v) is 4.83. The van der Waals surface area contributed by atoms with Crippen LogP contribution in [0.4, 0.5) is 18.9 Å². The van der Waals surface area contributed by atoms with Crippen molar-refractivity contribution in [2.75, 3.05) is 11.5 Å². The SMILES string of the molecule is O=C1N(Cc2ccc(C(F)(F)F)o2)c2ccccc2C12COc1ccc(-c3ccncc3)cc12. The molecule has 6 rings (SSSR count).